The summed E-state index contributed by atoms with van der Waals surface area (Å²) < 4.78 is 0. The first kappa shape index (κ1) is 18.1. The number of hydrogen-bond donors (Lipinski definition) is 2. The molecule has 1 fully saturated rings. The van der Waals surface area contributed by atoms with Crippen LogP contribution >= 0.6 is 0 Å². The number of fused-ring (bicyclic) bond motifs is 2. The first-order chi connectivity index (χ1) is 14.1. The van der Waals surface area contributed by atoms with E-state index in [1.54, 1.807) is 6.20 Å². The fourth-order valence-electron chi connectivity index (χ4n) is 4.46. The second-order valence-corrected chi connectivity index (χ2v) is 8.17. The van der Waals surface area contributed by atoms with Crippen LogP contribution in [0.5, 0.6) is 0 Å². The Kier molecular flexibility index (Phi) is 4.43. The van der Waals surface area contributed by atoms with E-state index in [0.29, 0.717) is 11.8 Å². The van der Waals surface area contributed by atoms with Crippen LogP contribution in [0, 0.1) is 6.92 Å². The molecule has 3 aromatic heterocycles. The van der Waals surface area contributed by atoms with Crippen molar-refractivity contribution >= 4 is 27.9 Å². The first-order valence-corrected chi connectivity index (χ1v) is 10.2. The van der Waals surface area contributed by atoms with Crippen LogP contribution in [0.2, 0.25) is 0 Å². The molecule has 1 saturated carbocycles. The SMILES string of the molecule is Cc1nc2nccc(-c3cc4cc(CN(C)C5CCC(=O)CC5)ccc4[nH]3)c2[nH]1. The summed E-state index contributed by atoms with van der Waals surface area (Å²) in [5.74, 6) is 1.28. The second-order valence-electron chi connectivity index (χ2n) is 8.17. The molecule has 0 atom stereocenters. The summed E-state index contributed by atoms with van der Waals surface area (Å²) in [7, 11) is 2.17. The van der Waals surface area contributed by atoms with E-state index < -0.39 is 0 Å². The topological polar surface area (TPSA) is 77.7 Å². The number of imidazole rings is 1. The minimum Gasteiger partial charge on any atom is -0.354 e. The maximum absolute atomic E-state index is 11.5. The highest BCUT2D eigenvalue weighted by Gasteiger charge is 2.22. The smallest absolute Gasteiger partial charge is 0.178 e. The lowest BCUT2D eigenvalue weighted by Crippen LogP contribution is -2.34. The van der Waals surface area contributed by atoms with E-state index in [0.717, 1.165) is 66.0 Å². The van der Waals surface area contributed by atoms with Gasteiger partial charge in [-0.15, -0.1) is 0 Å². The molecule has 0 aliphatic heterocycles. The molecule has 1 aromatic carbocycles. The van der Waals surface area contributed by atoms with Gasteiger partial charge >= 0.3 is 0 Å². The molecule has 148 valence electrons. The summed E-state index contributed by atoms with van der Waals surface area (Å²) >= 11 is 0. The van der Waals surface area contributed by atoms with Gasteiger partial charge in [-0.25, -0.2) is 9.97 Å². The third kappa shape index (κ3) is 3.44. The molecule has 1 aliphatic rings. The van der Waals surface area contributed by atoms with Crippen molar-refractivity contribution in [1.82, 2.24) is 24.8 Å². The zero-order valence-corrected chi connectivity index (χ0v) is 16.8. The zero-order valence-electron chi connectivity index (χ0n) is 16.8. The lowest BCUT2D eigenvalue weighted by molar-refractivity contribution is -0.121. The van der Waals surface area contributed by atoms with Crippen LogP contribution in [0.1, 0.15) is 37.1 Å². The highest BCUT2D eigenvalue weighted by atomic mass is 16.1. The van der Waals surface area contributed by atoms with Gasteiger partial charge in [0, 0.05) is 53.8 Å². The van der Waals surface area contributed by atoms with Gasteiger partial charge in [-0.05, 0) is 56.6 Å². The molecule has 0 amide bonds. The monoisotopic (exact) mass is 387 g/mol. The van der Waals surface area contributed by atoms with E-state index in [9.17, 15) is 4.79 Å². The number of ketones is 1. The van der Waals surface area contributed by atoms with Crippen molar-refractivity contribution in [2.45, 2.75) is 45.2 Å². The fourth-order valence-corrected chi connectivity index (χ4v) is 4.46. The molecule has 5 rings (SSSR count). The van der Waals surface area contributed by atoms with E-state index in [2.05, 4.69) is 56.1 Å². The zero-order chi connectivity index (χ0) is 20.0. The van der Waals surface area contributed by atoms with E-state index in [4.69, 9.17) is 0 Å². The average molecular weight is 387 g/mol. The van der Waals surface area contributed by atoms with E-state index in [-0.39, 0.29) is 0 Å². The standard InChI is InChI=1S/C23H25N5O/c1-14-25-22-19(9-10-24-23(22)26-14)21-12-16-11-15(3-8-20(16)27-21)13-28(2)17-4-6-18(29)7-5-17/h3,8-12,17,27H,4-7,13H2,1-2H3,(H,24,25,26). The third-order valence-electron chi connectivity index (χ3n) is 6.05. The van der Waals surface area contributed by atoms with Crippen LogP contribution in [-0.2, 0) is 11.3 Å². The predicted octanol–water partition coefficient (Wildman–Crippen LogP) is 4.36. The number of pyridine rings is 1. The van der Waals surface area contributed by atoms with Crippen LogP contribution in [0.3, 0.4) is 0 Å². The molecular weight excluding hydrogens is 362 g/mol. The van der Waals surface area contributed by atoms with Gasteiger partial charge in [0.25, 0.3) is 0 Å². The molecule has 0 saturated heterocycles. The first-order valence-electron chi connectivity index (χ1n) is 10.2. The lowest BCUT2D eigenvalue weighted by Gasteiger charge is -2.30. The van der Waals surface area contributed by atoms with E-state index >= 15 is 0 Å². The summed E-state index contributed by atoms with van der Waals surface area (Å²) in [6.45, 7) is 2.84. The number of carbonyl (C=O) groups is 1. The number of H-pyrrole nitrogens is 2. The van der Waals surface area contributed by atoms with Crippen LogP contribution in [0.4, 0.5) is 0 Å². The third-order valence-corrected chi connectivity index (χ3v) is 6.05. The van der Waals surface area contributed by atoms with Crippen molar-refractivity contribution in [2.24, 2.45) is 0 Å². The van der Waals surface area contributed by atoms with E-state index in [1.807, 2.05) is 13.0 Å². The minimum atomic E-state index is 0.411. The Bertz CT molecular complexity index is 1190. The number of aryl methyl sites for hydroxylation is 1. The Labute approximate surface area is 169 Å². The maximum atomic E-state index is 11.5. The second kappa shape index (κ2) is 7.12. The van der Waals surface area contributed by atoms with Gasteiger partial charge in [0.2, 0.25) is 0 Å². The molecular formula is C23H25N5O. The van der Waals surface area contributed by atoms with Gasteiger partial charge in [0.05, 0.1) is 5.52 Å². The number of benzene rings is 1. The van der Waals surface area contributed by atoms with Crippen molar-refractivity contribution < 1.29 is 4.79 Å². The van der Waals surface area contributed by atoms with Crippen molar-refractivity contribution in [3.05, 3.63) is 47.9 Å². The number of aromatic nitrogens is 4. The predicted molar refractivity (Wildman–Crippen MR) is 115 cm³/mol. The Morgan fingerprint density at radius 2 is 1.97 bits per heavy atom. The molecule has 0 bridgehead atoms. The van der Waals surface area contributed by atoms with Gasteiger partial charge in [-0.3, -0.25) is 9.69 Å². The van der Waals surface area contributed by atoms with Crippen LogP contribution < -0.4 is 0 Å². The Morgan fingerprint density at radius 1 is 1.14 bits per heavy atom. The molecule has 4 aromatic rings. The lowest BCUT2D eigenvalue weighted by atomic mass is 9.93. The minimum absolute atomic E-state index is 0.411. The molecule has 1 aliphatic carbocycles. The summed E-state index contributed by atoms with van der Waals surface area (Å²) in [5, 5.41) is 1.20. The molecule has 6 nitrogen and oxygen atoms in total. The van der Waals surface area contributed by atoms with Crippen molar-refractivity contribution in [1.29, 1.82) is 0 Å². The molecule has 0 radical (unpaired) electrons. The van der Waals surface area contributed by atoms with Crippen LogP contribution in [0.25, 0.3) is 33.3 Å². The maximum Gasteiger partial charge on any atom is 0.178 e. The molecule has 0 spiro atoms. The van der Waals surface area contributed by atoms with E-state index in [1.165, 1.54) is 10.9 Å². The van der Waals surface area contributed by atoms with Crippen LogP contribution in [-0.4, -0.2) is 43.7 Å². The highest BCUT2D eigenvalue weighted by Crippen LogP contribution is 2.29. The normalized spacial score (nSPS) is 15.8. The quantitative estimate of drug-likeness (QED) is 0.545. The summed E-state index contributed by atoms with van der Waals surface area (Å²) in [6.07, 6.45) is 5.21. The molecule has 2 N–H and O–H groups in total. The van der Waals surface area contributed by atoms with Crippen molar-refractivity contribution in [3.63, 3.8) is 0 Å². The number of hydrogen-bond acceptors (Lipinski definition) is 4. The van der Waals surface area contributed by atoms with Gasteiger partial charge in [0.1, 0.15) is 11.6 Å². The number of carbonyl (C=O) groups excluding carboxylic acids is 1. The van der Waals surface area contributed by atoms with Crippen molar-refractivity contribution in [3.8, 4) is 11.3 Å². The number of Topliss-reactive ketones (excluding diaryl/α,β-unsaturated/α-hetero) is 1. The van der Waals surface area contributed by atoms with Crippen LogP contribution in [0.15, 0.2) is 36.5 Å². The molecule has 0 unspecified atom stereocenters. The van der Waals surface area contributed by atoms with Gasteiger partial charge < -0.3 is 9.97 Å². The Balaban J connectivity index is 1.42. The number of aromatic amines is 2. The summed E-state index contributed by atoms with van der Waals surface area (Å²) in [6, 6.07) is 11.3. The number of rotatable bonds is 4. The van der Waals surface area contributed by atoms with Gasteiger partial charge in [-0.2, -0.15) is 0 Å². The number of nitrogens with zero attached hydrogens (tertiary/aromatic N) is 3. The van der Waals surface area contributed by atoms with Gasteiger partial charge in [-0.1, -0.05) is 6.07 Å². The molecule has 3 heterocycles. The Morgan fingerprint density at radius 3 is 2.79 bits per heavy atom. The van der Waals surface area contributed by atoms with Crippen molar-refractivity contribution in [2.75, 3.05) is 7.05 Å². The largest absolute Gasteiger partial charge is 0.354 e. The summed E-state index contributed by atoms with van der Waals surface area (Å²) in [4.78, 5) is 29.6. The highest BCUT2D eigenvalue weighted by molar-refractivity contribution is 5.94. The Hall–Kier alpha value is -2.99. The van der Waals surface area contributed by atoms with Gasteiger partial charge in [0.15, 0.2) is 5.65 Å². The fraction of sp³-hybridized carbons (Fsp3) is 0.348. The average Bonchev–Trinajstić information content (AvgIpc) is 3.30. The molecule has 29 heavy (non-hydrogen) atoms. The molecule has 6 heteroatoms. The summed E-state index contributed by atoms with van der Waals surface area (Å²) in [5.41, 5.74) is 6.26. The number of nitrogens with one attached hydrogen (secondary N) is 2.